The van der Waals surface area contributed by atoms with Crippen LogP contribution in [0.2, 0.25) is 0 Å². The van der Waals surface area contributed by atoms with Crippen molar-refractivity contribution in [3.8, 4) is 5.75 Å². The number of hydrogen-bond donors (Lipinski definition) is 1. The van der Waals surface area contributed by atoms with Gasteiger partial charge in [0, 0.05) is 12.1 Å². The number of ether oxygens (including phenoxy) is 1. The van der Waals surface area contributed by atoms with Crippen LogP contribution in [0.1, 0.15) is 43.4 Å². The van der Waals surface area contributed by atoms with Gasteiger partial charge >= 0.3 is 0 Å². The van der Waals surface area contributed by atoms with E-state index in [-0.39, 0.29) is 0 Å². The highest BCUT2D eigenvalue weighted by atomic mass is 16.5. The van der Waals surface area contributed by atoms with Gasteiger partial charge in [0.1, 0.15) is 5.75 Å². The van der Waals surface area contributed by atoms with Crippen LogP contribution >= 0.6 is 0 Å². The molecule has 0 aliphatic rings. The Bertz CT molecular complexity index is 332. The molecule has 0 amide bonds. The molecular formula is C13H21NO. The average molecular weight is 207 g/mol. The molecule has 0 radical (unpaired) electrons. The minimum absolute atomic E-state index is 0.489. The maximum atomic E-state index is 5.81. The molecule has 0 heterocycles. The number of rotatable bonds is 4. The summed E-state index contributed by atoms with van der Waals surface area (Å²) in [5.41, 5.74) is 9.50. The molecule has 0 saturated heterocycles. The molecule has 0 saturated carbocycles. The van der Waals surface area contributed by atoms with Crippen LogP contribution in [0.5, 0.6) is 5.75 Å². The second kappa shape index (κ2) is 5.17. The molecule has 1 aromatic rings. The highest BCUT2D eigenvalue weighted by Gasteiger charge is 2.13. The molecule has 1 aromatic carbocycles. The summed E-state index contributed by atoms with van der Waals surface area (Å²) in [5.74, 6) is 1.47. The van der Waals surface area contributed by atoms with Gasteiger partial charge in [0.25, 0.3) is 0 Å². The lowest BCUT2D eigenvalue weighted by atomic mass is 9.93. The SMILES string of the molecule is CCc1ccc(C(C)C)c(CN)c1OC. The van der Waals surface area contributed by atoms with Crippen molar-refractivity contribution in [3.05, 3.63) is 28.8 Å². The van der Waals surface area contributed by atoms with E-state index in [9.17, 15) is 0 Å². The minimum atomic E-state index is 0.489. The first-order valence-corrected chi connectivity index (χ1v) is 5.54. The van der Waals surface area contributed by atoms with Gasteiger partial charge in [-0.1, -0.05) is 32.9 Å². The number of hydrogen-bond acceptors (Lipinski definition) is 2. The molecule has 0 fully saturated rings. The average Bonchev–Trinajstić information content (AvgIpc) is 2.26. The van der Waals surface area contributed by atoms with Gasteiger partial charge in [-0.05, 0) is 23.5 Å². The normalized spacial score (nSPS) is 10.8. The summed E-state index contributed by atoms with van der Waals surface area (Å²) in [6.45, 7) is 7.04. The molecule has 0 aromatic heterocycles. The summed E-state index contributed by atoms with van der Waals surface area (Å²) < 4.78 is 5.47. The Labute approximate surface area is 92.4 Å². The zero-order valence-corrected chi connectivity index (χ0v) is 10.1. The minimum Gasteiger partial charge on any atom is -0.496 e. The van der Waals surface area contributed by atoms with Gasteiger partial charge in [-0.2, -0.15) is 0 Å². The van der Waals surface area contributed by atoms with Gasteiger partial charge in [0.2, 0.25) is 0 Å². The third-order valence-electron chi connectivity index (χ3n) is 2.79. The fraction of sp³-hybridized carbons (Fsp3) is 0.538. The standard InChI is InChI=1S/C13H21NO/c1-5-10-6-7-11(9(2)3)12(8-14)13(10)15-4/h6-7,9H,5,8,14H2,1-4H3. The van der Waals surface area contributed by atoms with Crippen molar-refractivity contribution in [1.82, 2.24) is 0 Å². The topological polar surface area (TPSA) is 35.2 Å². The van der Waals surface area contributed by atoms with E-state index in [0.717, 1.165) is 17.7 Å². The summed E-state index contributed by atoms with van der Waals surface area (Å²) in [7, 11) is 1.72. The third-order valence-corrected chi connectivity index (χ3v) is 2.79. The van der Waals surface area contributed by atoms with Gasteiger partial charge in [-0.3, -0.25) is 0 Å². The lowest BCUT2D eigenvalue weighted by molar-refractivity contribution is 0.404. The summed E-state index contributed by atoms with van der Waals surface area (Å²) in [6, 6.07) is 4.32. The number of benzene rings is 1. The van der Waals surface area contributed by atoms with Crippen molar-refractivity contribution in [2.75, 3.05) is 7.11 Å². The van der Waals surface area contributed by atoms with Gasteiger partial charge in [0.15, 0.2) is 0 Å². The molecule has 0 atom stereocenters. The molecular weight excluding hydrogens is 186 g/mol. The third kappa shape index (κ3) is 2.32. The fourth-order valence-corrected chi connectivity index (χ4v) is 1.98. The zero-order chi connectivity index (χ0) is 11.4. The van der Waals surface area contributed by atoms with Crippen molar-refractivity contribution in [2.24, 2.45) is 5.73 Å². The summed E-state index contributed by atoms with van der Waals surface area (Å²) in [6.07, 6.45) is 0.981. The van der Waals surface area contributed by atoms with E-state index in [4.69, 9.17) is 10.5 Å². The van der Waals surface area contributed by atoms with Crippen LogP contribution in [-0.2, 0) is 13.0 Å². The molecule has 84 valence electrons. The maximum Gasteiger partial charge on any atom is 0.126 e. The van der Waals surface area contributed by atoms with Crippen molar-refractivity contribution in [1.29, 1.82) is 0 Å². The molecule has 0 unspecified atom stereocenters. The molecule has 2 N–H and O–H groups in total. The van der Waals surface area contributed by atoms with Crippen molar-refractivity contribution < 1.29 is 4.74 Å². The molecule has 0 aliphatic heterocycles. The smallest absolute Gasteiger partial charge is 0.126 e. The van der Waals surface area contributed by atoms with Crippen LogP contribution in [0.3, 0.4) is 0 Å². The summed E-state index contributed by atoms with van der Waals surface area (Å²) in [4.78, 5) is 0. The predicted octanol–water partition coefficient (Wildman–Crippen LogP) is 2.84. The van der Waals surface area contributed by atoms with E-state index < -0.39 is 0 Å². The van der Waals surface area contributed by atoms with Crippen LogP contribution in [0.15, 0.2) is 12.1 Å². The quantitative estimate of drug-likeness (QED) is 0.824. The van der Waals surface area contributed by atoms with Crippen molar-refractivity contribution in [3.63, 3.8) is 0 Å². The van der Waals surface area contributed by atoms with Crippen LogP contribution in [0.25, 0.3) is 0 Å². The van der Waals surface area contributed by atoms with E-state index in [2.05, 4.69) is 32.9 Å². The summed E-state index contributed by atoms with van der Waals surface area (Å²) >= 11 is 0. The van der Waals surface area contributed by atoms with Crippen LogP contribution in [0, 0.1) is 0 Å². The predicted molar refractivity (Wildman–Crippen MR) is 64.4 cm³/mol. The first kappa shape index (κ1) is 12.1. The number of methoxy groups -OCH3 is 1. The Balaban J connectivity index is 3.34. The van der Waals surface area contributed by atoms with Gasteiger partial charge < -0.3 is 10.5 Å². The highest BCUT2D eigenvalue weighted by molar-refractivity contribution is 5.47. The second-order valence-corrected chi connectivity index (χ2v) is 4.04. The van der Waals surface area contributed by atoms with Gasteiger partial charge in [0.05, 0.1) is 7.11 Å². The molecule has 1 rings (SSSR count). The van der Waals surface area contributed by atoms with Crippen LogP contribution in [0.4, 0.5) is 0 Å². The maximum absolute atomic E-state index is 5.81. The lowest BCUT2D eigenvalue weighted by Crippen LogP contribution is -2.07. The van der Waals surface area contributed by atoms with E-state index in [1.807, 2.05) is 0 Å². The Morgan fingerprint density at radius 3 is 2.40 bits per heavy atom. The first-order chi connectivity index (χ1) is 7.15. The Morgan fingerprint density at radius 1 is 1.33 bits per heavy atom. The van der Waals surface area contributed by atoms with E-state index in [1.54, 1.807) is 7.11 Å². The van der Waals surface area contributed by atoms with Gasteiger partial charge in [-0.15, -0.1) is 0 Å². The molecule has 0 spiro atoms. The summed E-state index contributed by atoms with van der Waals surface area (Å²) in [5, 5.41) is 0. The lowest BCUT2D eigenvalue weighted by Gasteiger charge is -2.18. The van der Waals surface area contributed by atoms with Crippen LogP contribution in [-0.4, -0.2) is 7.11 Å². The van der Waals surface area contributed by atoms with E-state index in [0.29, 0.717) is 12.5 Å². The largest absolute Gasteiger partial charge is 0.496 e. The Hall–Kier alpha value is -1.02. The highest BCUT2D eigenvalue weighted by Crippen LogP contribution is 2.31. The van der Waals surface area contributed by atoms with Crippen LogP contribution < -0.4 is 10.5 Å². The fourth-order valence-electron chi connectivity index (χ4n) is 1.98. The van der Waals surface area contributed by atoms with E-state index in [1.165, 1.54) is 11.1 Å². The second-order valence-electron chi connectivity index (χ2n) is 4.04. The number of nitrogens with two attached hydrogens (primary N) is 1. The molecule has 15 heavy (non-hydrogen) atoms. The molecule has 2 heteroatoms. The molecule has 2 nitrogen and oxygen atoms in total. The number of aryl methyl sites for hydroxylation is 1. The Morgan fingerprint density at radius 2 is 2.00 bits per heavy atom. The Kier molecular flexibility index (Phi) is 4.15. The molecule has 0 bridgehead atoms. The van der Waals surface area contributed by atoms with Crippen molar-refractivity contribution in [2.45, 2.75) is 39.7 Å². The van der Waals surface area contributed by atoms with Crippen molar-refractivity contribution >= 4 is 0 Å². The molecule has 0 aliphatic carbocycles. The first-order valence-electron chi connectivity index (χ1n) is 5.54. The van der Waals surface area contributed by atoms with Gasteiger partial charge in [-0.25, -0.2) is 0 Å². The monoisotopic (exact) mass is 207 g/mol. The van der Waals surface area contributed by atoms with E-state index >= 15 is 0 Å². The zero-order valence-electron chi connectivity index (χ0n) is 10.1.